The molecule has 1 aliphatic rings. The van der Waals surface area contributed by atoms with E-state index in [9.17, 15) is 10.4 Å². The maximum atomic E-state index is 10.4. The number of ether oxygens (including phenoxy) is 1. The van der Waals surface area contributed by atoms with Crippen molar-refractivity contribution < 1.29 is 9.84 Å². The molecule has 0 radical (unpaired) electrons. The standard InChI is InChI=1S/C18H24N2O2/c1-6-14-12(3)17(21)11(2)9-18(14,10-19)15-7-8-16(22-5)20-13(15)4/h6-8,11-12,17,21H,9H2,1-5H3/b14-6+/t11-,12-,17+,18+/m1/s1. The van der Waals surface area contributed by atoms with Crippen molar-refractivity contribution in [2.75, 3.05) is 7.11 Å². The van der Waals surface area contributed by atoms with Gasteiger partial charge in [-0.2, -0.15) is 5.26 Å². The summed E-state index contributed by atoms with van der Waals surface area (Å²) in [5.74, 6) is 0.558. The monoisotopic (exact) mass is 300 g/mol. The number of aliphatic hydroxyl groups is 1. The van der Waals surface area contributed by atoms with Crippen LogP contribution in [-0.4, -0.2) is 23.3 Å². The topological polar surface area (TPSA) is 66.1 Å². The maximum absolute atomic E-state index is 10.4. The molecule has 4 heteroatoms. The van der Waals surface area contributed by atoms with Gasteiger partial charge in [0.25, 0.3) is 0 Å². The smallest absolute Gasteiger partial charge is 0.213 e. The van der Waals surface area contributed by atoms with E-state index in [0.29, 0.717) is 12.3 Å². The van der Waals surface area contributed by atoms with E-state index in [0.717, 1.165) is 16.8 Å². The zero-order valence-electron chi connectivity index (χ0n) is 13.9. The van der Waals surface area contributed by atoms with E-state index in [1.54, 1.807) is 13.2 Å². The summed E-state index contributed by atoms with van der Waals surface area (Å²) in [6.07, 6.45) is 2.16. The van der Waals surface area contributed by atoms with Crippen LogP contribution in [0, 0.1) is 30.1 Å². The Morgan fingerprint density at radius 3 is 2.64 bits per heavy atom. The highest BCUT2D eigenvalue weighted by atomic mass is 16.5. The number of allylic oxidation sites excluding steroid dienone is 1. The first kappa shape index (κ1) is 16.5. The molecule has 118 valence electrons. The average Bonchev–Trinajstić information content (AvgIpc) is 2.52. The molecule has 1 heterocycles. The molecule has 22 heavy (non-hydrogen) atoms. The molecule has 1 aromatic rings. The Morgan fingerprint density at radius 2 is 2.14 bits per heavy atom. The number of methoxy groups -OCH3 is 1. The van der Waals surface area contributed by atoms with Crippen molar-refractivity contribution in [2.24, 2.45) is 11.8 Å². The molecule has 1 fully saturated rings. The number of aliphatic hydroxyl groups excluding tert-OH is 1. The maximum Gasteiger partial charge on any atom is 0.213 e. The van der Waals surface area contributed by atoms with Crippen LogP contribution in [0.1, 0.15) is 38.4 Å². The van der Waals surface area contributed by atoms with Crippen LogP contribution in [0.15, 0.2) is 23.8 Å². The van der Waals surface area contributed by atoms with E-state index in [4.69, 9.17) is 4.74 Å². The average molecular weight is 300 g/mol. The van der Waals surface area contributed by atoms with Gasteiger partial charge in [-0.05, 0) is 43.4 Å². The van der Waals surface area contributed by atoms with E-state index in [1.807, 2.05) is 39.8 Å². The molecule has 0 unspecified atom stereocenters. The molecule has 1 saturated carbocycles. The number of hydrogen-bond donors (Lipinski definition) is 1. The highest BCUT2D eigenvalue weighted by Gasteiger charge is 2.48. The van der Waals surface area contributed by atoms with Crippen molar-refractivity contribution in [3.8, 4) is 11.9 Å². The molecule has 0 aliphatic heterocycles. The van der Waals surface area contributed by atoms with Crippen molar-refractivity contribution in [1.29, 1.82) is 5.26 Å². The third-order valence-corrected chi connectivity index (χ3v) is 4.94. The van der Waals surface area contributed by atoms with E-state index in [-0.39, 0.29) is 11.8 Å². The van der Waals surface area contributed by atoms with Crippen molar-refractivity contribution in [3.63, 3.8) is 0 Å². The molecule has 4 nitrogen and oxygen atoms in total. The van der Waals surface area contributed by atoms with Gasteiger partial charge in [0, 0.05) is 17.7 Å². The molecule has 0 spiro atoms. The molecule has 1 aliphatic carbocycles. The Labute approximate surface area is 132 Å². The number of nitriles is 1. The Morgan fingerprint density at radius 1 is 1.45 bits per heavy atom. The van der Waals surface area contributed by atoms with Crippen LogP contribution in [-0.2, 0) is 5.41 Å². The van der Waals surface area contributed by atoms with Crippen molar-refractivity contribution in [3.05, 3.63) is 35.0 Å². The first-order valence-electron chi connectivity index (χ1n) is 7.69. The molecule has 1 aromatic heterocycles. The number of nitrogens with zero attached hydrogens (tertiary/aromatic N) is 2. The van der Waals surface area contributed by atoms with Crippen LogP contribution >= 0.6 is 0 Å². The van der Waals surface area contributed by atoms with Crippen LogP contribution in [0.25, 0.3) is 0 Å². The molecule has 0 saturated heterocycles. The lowest BCUT2D eigenvalue weighted by Crippen LogP contribution is -2.45. The van der Waals surface area contributed by atoms with Crippen LogP contribution in [0.2, 0.25) is 0 Å². The minimum absolute atomic E-state index is 0.0464. The number of hydrogen-bond acceptors (Lipinski definition) is 4. The Hall–Kier alpha value is -1.86. The third kappa shape index (κ3) is 2.40. The van der Waals surface area contributed by atoms with E-state index in [2.05, 4.69) is 11.1 Å². The first-order chi connectivity index (χ1) is 10.4. The summed E-state index contributed by atoms with van der Waals surface area (Å²) >= 11 is 0. The fourth-order valence-corrected chi connectivity index (χ4v) is 3.83. The molecule has 0 bridgehead atoms. The van der Waals surface area contributed by atoms with E-state index in [1.165, 1.54) is 0 Å². The highest BCUT2D eigenvalue weighted by molar-refractivity contribution is 5.49. The van der Waals surface area contributed by atoms with Crippen molar-refractivity contribution >= 4 is 0 Å². The Balaban J connectivity index is 2.64. The number of pyridine rings is 1. The lowest BCUT2D eigenvalue weighted by atomic mass is 9.59. The van der Waals surface area contributed by atoms with Crippen molar-refractivity contribution in [2.45, 2.75) is 45.6 Å². The highest BCUT2D eigenvalue weighted by Crippen LogP contribution is 2.48. The lowest BCUT2D eigenvalue weighted by Gasteiger charge is -2.44. The van der Waals surface area contributed by atoms with E-state index >= 15 is 0 Å². The van der Waals surface area contributed by atoms with Gasteiger partial charge in [-0.25, -0.2) is 4.98 Å². The summed E-state index contributed by atoms with van der Waals surface area (Å²) in [7, 11) is 1.58. The molecule has 0 aromatic carbocycles. The van der Waals surface area contributed by atoms with Gasteiger partial charge in [0.15, 0.2) is 0 Å². The summed E-state index contributed by atoms with van der Waals surface area (Å²) < 4.78 is 5.17. The SMILES string of the molecule is C/C=C1\[C@@H](C)[C@@H](O)[C@H](C)C[C@@]1(C#N)c1ccc(OC)nc1C. The molecule has 1 N–H and O–H groups in total. The van der Waals surface area contributed by atoms with Gasteiger partial charge >= 0.3 is 0 Å². The van der Waals surface area contributed by atoms with Gasteiger partial charge in [-0.15, -0.1) is 0 Å². The summed E-state index contributed by atoms with van der Waals surface area (Å²) in [5.41, 5.74) is 1.97. The van der Waals surface area contributed by atoms with E-state index < -0.39 is 11.5 Å². The summed E-state index contributed by atoms with van der Waals surface area (Å²) in [4.78, 5) is 4.43. The van der Waals surface area contributed by atoms with Crippen molar-refractivity contribution in [1.82, 2.24) is 4.98 Å². The van der Waals surface area contributed by atoms with Crippen LogP contribution < -0.4 is 4.74 Å². The first-order valence-corrected chi connectivity index (χ1v) is 7.69. The van der Waals surface area contributed by atoms with Gasteiger partial charge in [0.1, 0.15) is 5.41 Å². The summed E-state index contributed by atoms with van der Waals surface area (Å²) in [6.45, 7) is 7.84. The number of aryl methyl sites for hydroxylation is 1. The number of rotatable bonds is 2. The molecular weight excluding hydrogens is 276 g/mol. The normalized spacial score (nSPS) is 33.5. The quantitative estimate of drug-likeness (QED) is 0.852. The third-order valence-electron chi connectivity index (χ3n) is 4.94. The van der Waals surface area contributed by atoms with Crippen LogP contribution in [0.5, 0.6) is 5.88 Å². The van der Waals surface area contributed by atoms with Gasteiger partial charge in [-0.1, -0.05) is 19.9 Å². The number of aromatic nitrogens is 1. The van der Waals surface area contributed by atoms with Gasteiger partial charge in [0.2, 0.25) is 5.88 Å². The summed E-state index contributed by atoms with van der Waals surface area (Å²) in [5, 5.41) is 20.4. The zero-order valence-corrected chi connectivity index (χ0v) is 13.9. The summed E-state index contributed by atoms with van der Waals surface area (Å²) in [6, 6.07) is 6.27. The Kier molecular flexibility index (Phi) is 4.58. The second-order valence-electron chi connectivity index (χ2n) is 6.21. The van der Waals surface area contributed by atoms with Gasteiger partial charge < -0.3 is 9.84 Å². The second kappa shape index (κ2) is 6.10. The molecular formula is C18H24N2O2. The minimum Gasteiger partial charge on any atom is -0.481 e. The van der Waals surface area contributed by atoms with Gasteiger partial charge in [-0.3, -0.25) is 0 Å². The fraction of sp³-hybridized carbons (Fsp3) is 0.556. The second-order valence-corrected chi connectivity index (χ2v) is 6.21. The molecule has 4 atom stereocenters. The molecule has 2 rings (SSSR count). The Bertz CT molecular complexity index is 632. The zero-order chi connectivity index (χ0) is 16.5. The predicted molar refractivity (Wildman–Crippen MR) is 85.5 cm³/mol. The fourth-order valence-electron chi connectivity index (χ4n) is 3.83. The van der Waals surface area contributed by atoms with Gasteiger partial charge in [0.05, 0.1) is 19.3 Å². The predicted octanol–water partition coefficient (Wildman–Crippen LogP) is 3.14. The molecule has 0 amide bonds. The minimum atomic E-state index is -0.726. The van der Waals surface area contributed by atoms with Crippen LogP contribution in [0.4, 0.5) is 0 Å². The van der Waals surface area contributed by atoms with Crippen LogP contribution in [0.3, 0.4) is 0 Å². The largest absolute Gasteiger partial charge is 0.481 e. The lowest BCUT2D eigenvalue weighted by molar-refractivity contribution is 0.0433.